The lowest BCUT2D eigenvalue weighted by Crippen LogP contribution is -2.26. The van der Waals surface area contributed by atoms with Crippen LogP contribution in [0.4, 0.5) is 4.39 Å². The van der Waals surface area contributed by atoms with Gasteiger partial charge in [-0.3, -0.25) is 9.59 Å². The molecule has 0 saturated carbocycles. The SMILES string of the molecule is CN(Cc1ccccc1F)C(=O)CCCCC(=O)O. The Labute approximate surface area is 111 Å². The van der Waals surface area contributed by atoms with E-state index < -0.39 is 5.97 Å². The van der Waals surface area contributed by atoms with E-state index in [9.17, 15) is 14.0 Å². The summed E-state index contributed by atoms with van der Waals surface area (Å²) in [4.78, 5) is 23.5. The number of unbranched alkanes of at least 4 members (excludes halogenated alkanes) is 1. The van der Waals surface area contributed by atoms with Crippen LogP contribution in [0.25, 0.3) is 0 Å². The summed E-state index contributed by atoms with van der Waals surface area (Å²) in [5.41, 5.74) is 0.476. The maximum Gasteiger partial charge on any atom is 0.303 e. The fourth-order valence-electron chi connectivity index (χ4n) is 1.71. The van der Waals surface area contributed by atoms with Crippen molar-refractivity contribution in [3.8, 4) is 0 Å². The van der Waals surface area contributed by atoms with E-state index in [1.54, 1.807) is 25.2 Å². The second-order valence-corrected chi connectivity index (χ2v) is 4.44. The van der Waals surface area contributed by atoms with Gasteiger partial charge in [0.15, 0.2) is 0 Å². The summed E-state index contributed by atoms with van der Waals surface area (Å²) in [5, 5.41) is 8.48. The third-order valence-electron chi connectivity index (χ3n) is 2.82. The number of carbonyl (C=O) groups is 2. The van der Waals surface area contributed by atoms with Crippen molar-refractivity contribution < 1.29 is 19.1 Å². The van der Waals surface area contributed by atoms with Gasteiger partial charge in [-0.05, 0) is 18.9 Å². The molecule has 0 radical (unpaired) electrons. The molecule has 104 valence electrons. The number of hydrogen-bond donors (Lipinski definition) is 1. The first-order valence-electron chi connectivity index (χ1n) is 6.20. The van der Waals surface area contributed by atoms with E-state index in [-0.39, 0.29) is 31.1 Å². The van der Waals surface area contributed by atoms with Crippen LogP contribution in [0.3, 0.4) is 0 Å². The topological polar surface area (TPSA) is 57.6 Å². The third-order valence-corrected chi connectivity index (χ3v) is 2.82. The second kappa shape index (κ2) is 7.51. The molecule has 0 aliphatic rings. The molecule has 0 saturated heterocycles. The zero-order valence-corrected chi connectivity index (χ0v) is 10.9. The molecule has 0 heterocycles. The second-order valence-electron chi connectivity index (χ2n) is 4.44. The quantitative estimate of drug-likeness (QED) is 0.772. The van der Waals surface area contributed by atoms with Crippen molar-refractivity contribution >= 4 is 11.9 Å². The molecule has 0 atom stereocenters. The number of aliphatic carboxylic acids is 1. The van der Waals surface area contributed by atoms with Crippen molar-refractivity contribution in [3.63, 3.8) is 0 Å². The Hall–Kier alpha value is -1.91. The van der Waals surface area contributed by atoms with Crippen LogP contribution in [-0.4, -0.2) is 28.9 Å². The first kappa shape index (κ1) is 15.1. The van der Waals surface area contributed by atoms with Gasteiger partial charge in [0.05, 0.1) is 0 Å². The normalized spacial score (nSPS) is 10.2. The number of halogens is 1. The Balaban J connectivity index is 2.37. The molecule has 1 aromatic carbocycles. The van der Waals surface area contributed by atoms with Gasteiger partial charge in [0.25, 0.3) is 0 Å². The summed E-state index contributed by atoms with van der Waals surface area (Å²) in [6, 6.07) is 6.33. The average Bonchev–Trinajstić information content (AvgIpc) is 2.36. The minimum atomic E-state index is -0.854. The Morgan fingerprint density at radius 3 is 2.47 bits per heavy atom. The lowest BCUT2D eigenvalue weighted by atomic mass is 10.1. The number of carbonyl (C=O) groups excluding carboxylic acids is 1. The van der Waals surface area contributed by atoms with Crippen LogP contribution in [0.5, 0.6) is 0 Å². The molecular weight excluding hydrogens is 249 g/mol. The highest BCUT2D eigenvalue weighted by atomic mass is 19.1. The van der Waals surface area contributed by atoms with Gasteiger partial charge in [-0.1, -0.05) is 18.2 Å². The summed E-state index contributed by atoms with van der Waals surface area (Å²) in [6.07, 6.45) is 1.38. The molecule has 0 aromatic heterocycles. The summed E-state index contributed by atoms with van der Waals surface area (Å²) in [5.74, 6) is -1.28. The van der Waals surface area contributed by atoms with E-state index in [0.717, 1.165) is 0 Å². The summed E-state index contributed by atoms with van der Waals surface area (Å²) < 4.78 is 13.4. The van der Waals surface area contributed by atoms with Crippen molar-refractivity contribution in [1.82, 2.24) is 4.90 Å². The zero-order chi connectivity index (χ0) is 14.3. The first-order chi connectivity index (χ1) is 9.00. The van der Waals surface area contributed by atoms with Gasteiger partial charge in [-0.2, -0.15) is 0 Å². The molecule has 0 unspecified atom stereocenters. The van der Waals surface area contributed by atoms with Crippen molar-refractivity contribution in [1.29, 1.82) is 0 Å². The lowest BCUT2D eigenvalue weighted by molar-refractivity contribution is -0.137. The molecule has 5 heteroatoms. The van der Waals surface area contributed by atoms with E-state index >= 15 is 0 Å². The highest BCUT2D eigenvalue weighted by Gasteiger charge is 2.11. The molecule has 0 aliphatic carbocycles. The maximum absolute atomic E-state index is 13.4. The molecule has 19 heavy (non-hydrogen) atoms. The number of carboxylic acids is 1. The van der Waals surface area contributed by atoms with Crippen molar-refractivity contribution in [2.45, 2.75) is 32.2 Å². The molecule has 0 bridgehead atoms. The minimum absolute atomic E-state index is 0.0737. The van der Waals surface area contributed by atoms with Gasteiger partial charge >= 0.3 is 5.97 Å². The molecule has 1 N–H and O–H groups in total. The summed E-state index contributed by atoms with van der Waals surface area (Å²) in [6.45, 7) is 0.227. The Kier molecular flexibility index (Phi) is 5.99. The minimum Gasteiger partial charge on any atom is -0.481 e. The van der Waals surface area contributed by atoms with Crippen molar-refractivity contribution in [2.24, 2.45) is 0 Å². The van der Waals surface area contributed by atoms with Gasteiger partial charge in [0.1, 0.15) is 5.82 Å². The van der Waals surface area contributed by atoms with Crippen LogP contribution < -0.4 is 0 Å². The Morgan fingerprint density at radius 1 is 1.21 bits per heavy atom. The van der Waals surface area contributed by atoms with E-state index in [0.29, 0.717) is 18.4 Å². The smallest absolute Gasteiger partial charge is 0.303 e. The molecule has 0 aliphatic heterocycles. The number of benzene rings is 1. The van der Waals surface area contributed by atoms with E-state index in [4.69, 9.17) is 5.11 Å². The molecule has 1 amide bonds. The summed E-state index contributed by atoms with van der Waals surface area (Å²) >= 11 is 0. The standard InChI is InChI=1S/C14H18FNO3/c1-16(10-11-6-2-3-7-12(11)15)13(17)8-4-5-9-14(18)19/h2-3,6-7H,4-5,8-10H2,1H3,(H,18,19). The van der Waals surface area contributed by atoms with Gasteiger partial charge in [0, 0.05) is 32.0 Å². The molecule has 1 rings (SSSR count). The van der Waals surface area contributed by atoms with Gasteiger partial charge in [-0.15, -0.1) is 0 Å². The molecule has 1 aromatic rings. The predicted octanol–water partition coefficient (Wildman–Crippen LogP) is 2.43. The number of hydrogen-bond acceptors (Lipinski definition) is 2. The van der Waals surface area contributed by atoms with Gasteiger partial charge in [-0.25, -0.2) is 4.39 Å². The van der Waals surface area contributed by atoms with Gasteiger partial charge < -0.3 is 10.0 Å². The van der Waals surface area contributed by atoms with Crippen LogP contribution in [-0.2, 0) is 16.1 Å². The van der Waals surface area contributed by atoms with Crippen LogP contribution >= 0.6 is 0 Å². The summed E-state index contributed by atoms with van der Waals surface area (Å²) in [7, 11) is 1.62. The largest absolute Gasteiger partial charge is 0.481 e. The molecule has 0 spiro atoms. The fraction of sp³-hybridized carbons (Fsp3) is 0.429. The van der Waals surface area contributed by atoms with Crippen LogP contribution in [0, 0.1) is 5.82 Å². The maximum atomic E-state index is 13.4. The molecule has 4 nitrogen and oxygen atoms in total. The third kappa shape index (κ3) is 5.50. The highest BCUT2D eigenvalue weighted by Crippen LogP contribution is 2.10. The van der Waals surface area contributed by atoms with Crippen molar-refractivity contribution in [2.75, 3.05) is 7.05 Å². The molecular formula is C14H18FNO3. The Bertz CT molecular complexity index is 448. The van der Waals surface area contributed by atoms with Crippen LogP contribution in [0.15, 0.2) is 24.3 Å². The number of nitrogens with zero attached hydrogens (tertiary/aromatic N) is 1. The van der Waals surface area contributed by atoms with Crippen molar-refractivity contribution in [3.05, 3.63) is 35.6 Å². The zero-order valence-electron chi connectivity index (χ0n) is 10.9. The average molecular weight is 267 g/mol. The van der Waals surface area contributed by atoms with E-state index in [2.05, 4.69) is 0 Å². The lowest BCUT2D eigenvalue weighted by Gasteiger charge is -2.17. The van der Waals surface area contributed by atoms with E-state index in [1.165, 1.54) is 11.0 Å². The first-order valence-corrected chi connectivity index (χ1v) is 6.20. The van der Waals surface area contributed by atoms with E-state index in [1.807, 2.05) is 0 Å². The predicted molar refractivity (Wildman–Crippen MR) is 69.0 cm³/mol. The number of amides is 1. The van der Waals surface area contributed by atoms with Gasteiger partial charge in [0.2, 0.25) is 5.91 Å². The monoisotopic (exact) mass is 267 g/mol. The van der Waals surface area contributed by atoms with Crippen LogP contribution in [0.1, 0.15) is 31.2 Å². The number of carboxylic acid groups (broad SMARTS) is 1. The Morgan fingerprint density at radius 2 is 1.84 bits per heavy atom. The number of rotatable bonds is 7. The molecule has 0 fully saturated rings. The highest BCUT2D eigenvalue weighted by molar-refractivity contribution is 5.75. The van der Waals surface area contributed by atoms with Crippen LogP contribution in [0.2, 0.25) is 0 Å². The fourth-order valence-corrected chi connectivity index (χ4v) is 1.71.